The van der Waals surface area contributed by atoms with Gasteiger partial charge in [-0.25, -0.2) is 0 Å². The molecule has 8 nitrogen and oxygen atoms in total. The summed E-state index contributed by atoms with van der Waals surface area (Å²) in [7, 11) is 1.55. The Morgan fingerprint density at radius 1 is 1.00 bits per heavy atom. The standard InChI is InChI=1S/C19H21N5O3S/c1-3-24(11-17(25)20-13-7-4-5-10-16(13)27-2)12-18(26)21-14-8-6-9-15-19(14)23-28-22-15/h4-10H,3,11-12H2,1-2H3,(H,20,25)(H,21,26). The second-order valence-corrected chi connectivity index (χ2v) is 6.57. The number of carbonyl (C=O) groups is 2. The van der Waals surface area contributed by atoms with Gasteiger partial charge in [-0.3, -0.25) is 14.5 Å². The summed E-state index contributed by atoms with van der Waals surface area (Å²) in [4.78, 5) is 26.6. The van der Waals surface area contributed by atoms with Gasteiger partial charge in [0, 0.05) is 0 Å². The van der Waals surface area contributed by atoms with E-state index in [0.717, 1.165) is 17.2 Å². The van der Waals surface area contributed by atoms with E-state index in [1.165, 1.54) is 0 Å². The van der Waals surface area contributed by atoms with E-state index in [9.17, 15) is 9.59 Å². The summed E-state index contributed by atoms with van der Waals surface area (Å²) < 4.78 is 13.6. The number of likely N-dealkylation sites (N-methyl/N-ethyl adjacent to an activating group) is 1. The summed E-state index contributed by atoms with van der Waals surface area (Å²) in [6.45, 7) is 2.62. The summed E-state index contributed by atoms with van der Waals surface area (Å²) in [5, 5.41) is 5.66. The second kappa shape index (κ2) is 9.25. The molecule has 0 fully saturated rings. The molecule has 2 aromatic carbocycles. The minimum atomic E-state index is -0.218. The van der Waals surface area contributed by atoms with Crippen LogP contribution >= 0.6 is 11.7 Å². The van der Waals surface area contributed by atoms with Crippen molar-refractivity contribution in [1.29, 1.82) is 0 Å². The number of hydrogen-bond donors (Lipinski definition) is 2. The van der Waals surface area contributed by atoms with Crippen molar-refractivity contribution in [3.63, 3.8) is 0 Å². The van der Waals surface area contributed by atoms with E-state index in [1.807, 2.05) is 31.2 Å². The highest BCUT2D eigenvalue weighted by molar-refractivity contribution is 7.00. The van der Waals surface area contributed by atoms with Gasteiger partial charge in [0.25, 0.3) is 0 Å². The molecule has 1 heterocycles. The molecule has 9 heteroatoms. The maximum absolute atomic E-state index is 12.4. The SMILES string of the molecule is CCN(CC(=O)Nc1ccccc1OC)CC(=O)Nc1cccc2nsnc12. The van der Waals surface area contributed by atoms with Crippen LogP contribution in [0.15, 0.2) is 42.5 Å². The molecule has 2 amide bonds. The van der Waals surface area contributed by atoms with Crippen molar-refractivity contribution in [1.82, 2.24) is 13.6 Å². The molecule has 2 N–H and O–H groups in total. The second-order valence-electron chi connectivity index (χ2n) is 6.04. The molecule has 0 bridgehead atoms. The monoisotopic (exact) mass is 399 g/mol. The molecule has 0 saturated carbocycles. The van der Waals surface area contributed by atoms with E-state index in [1.54, 1.807) is 30.2 Å². The first-order valence-corrected chi connectivity index (χ1v) is 9.50. The van der Waals surface area contributed by atoms with Gasteiger partial charge in [-0.15, -0.1) is 0 Å². The Hall–Kier alpha value is -3.04. The molecule has 1 aromatic heterocycles. The molecule has 0 unspecified atom stereocenters. The van der Waals surface area contributed by atoms with Gasteiger partial charge in [-0.1, -0.05) is 25.1 Å². The number of ether oxygens (including phenoxy) is 1. The van der Waals surface area contributed by atoms with E-state index in [-0.39, 0.29) is 24.9 Å². The van der Waals surface area contributed by atoms with Crippen LogP contribution in [0.3, 0.4) is 0 Å². The molecule has 146 valence electrons. The normalized spacial score (nSPS) is 10.8. The zero-order valence-corrected chi connectivity index (χ0v) is 16.5. The fraction of sp³-hybridized carbons (Fsp3) is 0.263. The van der Waals surface area contributed by atoms with Gasteiger partial charge in [-0.05, 0) is 30.8 Å². The van der Waals surface area contributed by atoms with Crippen LogP contribution in [0.5, 0.6) is 5.75 Å². The molecule has 0 radical (unpaired) electrons. The molecule has 0 saturated heterocycles. The number of amides is 2. The number of benzene rings is 2. The third kappa shape index (κ3) is 4.81. The minimum Gasteiger partial charge on any atom is -0.495 e. The highest BCUT2D eigenvalue weighted by Crippen LogP contribution is 2.23. The van der Waals surface area contributed by atoms with Crippen molar-refractivity contribution in [2.45, 2.75) is 6.92 Å². The first kappa shape index (κ1) is 19.7. The van der Waals surface area contributed by atoms with E-state index in [2.05, 4.69) is 19.4 Å². The lowest BCUT2D eigenvalue weighted by atomic mass is 10.2. The molecule has 0 aliphatic heterocycles. The number of para-hydroxylation sites is 2. The summed E-state index contributed by atoms with van der Waals surface area (Å²) in [6, 6.07) is 12.6. The van der Waals surface area contributed by atoms with Gasteiger partial charge in [0.05, 0.1) is 43.3 Å². The summed E-state index contributed by atoms with van der Waals surface area (Å²) in [5.41, 5.74) is 2.62. The smallest absolute Gasteiger partial charge is 0.238 e. The first-order chi connectivity index (χ1) is 13.6. The lowest BCUT2D eigenvalue weighted by Crippen LogP contribution is -2.38. The Kier molecular flexibility index (Phi) is 6.51. The van der Waals surface area contributed by atoms with Crippen LogP contribution in [0, 0.1) is 0 Å². The number of methoxy groups -OCH3 is 1. The average Bonchev–Trinajstić information content (AvgIpc) is 3.17. The molecular weight excluding hydrogens is 378 g/mol. The van der Waals surface area contributed by atoms with Crippen molar-refractivity contribution < 1.29 is 14.3 Å². The van der Waals surface area contributed by atoms with Gasteiger partial charge >= 0.3 is 0 Å². The number of rotatable bonds is 8. The minimum absolute atomic E-state index is 0.0871. The number of hydrogen-bond acceptors (Lipinski definition) is 7. The Morgan fingerprint density at radius 3 is 2.39 bits per heavy atom. The number of aromatic nitrogens is 2. The molecule has 3 rings (SSSR count). The maximum atomic E-state index is 12.4. The van der Waals surface area contributed by atoms with Crippen molar-refractivity contribution in [2.24, 2.45) is 0 Å². The number of nitrogens with zero attached hydrogens (tertiary/aromatic N) is 3. The van der Waals surface area contributed by atoms with Crippen LogP contribution in [0.2, 0.25) is 0 Å². The Bertz CT molecular complexity index is 975. The third-order valence-electron chi connectivity index (χ3n) is 4.12. The Morgan fingerprint density at radius 2 is 1.68 bits per heavy atom. The van der Waals surface area contributed by atoms with E-state index in [0.29, 0.717) is 29.2 Å². The third-order valence-corrected chi connectivity index (χ3v) is 4.67. The van der Waals surface area contributed by atoms with Crippen LogP contribution in [0.1, 0.15) is 6.92 Å². The molecule has 28 heavy (non-hydrogen) atoms. The van der Waals surface area contributed by atoms with Crippen LogP contribution in [0.25, 0.3) is 11.0 Å². The quantitative estimate of drug-likeness (QED) is 0.604. The number of carbonyl (C=O) groups excluding carboxylic acids is 2. The van der Waals surface area contributed by atoms with Gasteiger partial charge in [0.15, 0.2) is 0 Å². The molecule has 0 spiro atoms. The lowest BCUT2D eigenvalue weighted by molar-refractivity contribution is -0.119. The summed E-state index contributed by atoms with van der Waals surface area (Å²) >= 11 is 1.10. The molecular formula is C19H21N5O3S. The van der Waals surface area contributed by atoms with Crippen molar-refractivity contribution in [2.75, 3.05) is 37.4 Å². The van der Waals surface area contributed by atoms with Crippen LogP contribution in [-0.2, 0) is 9.59 Å². The van der Waals surface area contributed by atoms with Crippen LogP contribution < -0.4 is 15.4 Å². The zero-order valence-electron chi connectivity index (χ0n) is 15.6. The van der Waals surface area contributed by atoms with E-state index >= 15 is 0 Å². The van der Waals surface area contributed by atoms with Gasteiger partial charge in [0.1, 0.15) is 16.8 Å². The summed E-state index contributed by atoms with van der Waals surface area (Å²) in [6.07, 6.45) is 0. The maximum Gasteiger partial charge on any atom is 0.238 e. The first-order valence-electron chi connectivity index (χ1n) is 8.77. The number of fused-ring (bicyclic) bond motifs is 1. The largest absolute Gasteiger partial charge is 0.495 e. The van der Waals surface area contributed by atoms with Gasteiger partial charge in [-0.2, -0.15) is 8.75 Å². The zero-order chi connectivity index (χ0) is 19.9. The van der Waals surface area contributed by atoms with Gasteiger partial charge in [0.2, 0.25) is 11.8 Å². The van der Waals surface area contributed by atoms with Crippen molar-refractivity contribution in [3.8, 4) is 5.75 Å². The highest BCUT2D eigenvalue weighted by Gasteiger charge is 2.16. The predicted molar refractivity (Wildman–Crippen MR) is 110 cm³/mol. The van der Waals surface area contributed by atoms with Crippen molar-refractivity contribution in [3.05, 3.63) is 42.5 Å². The summed E-state index contributed by atoms with van der Waals surface area (Å²) in [5.74, 6) is 0.152. The highest BCUT2D eigenvalue weighted by atomic mass is 32.1. The number of anilines is 2. The fourth-order valence-electron chi connectivity index (χ4n) is 2.72. The van der Waals surface area contributed by atoms with Crippen LogP contribution in [0.4, 0.5) is 11.4 Å². The Balaban J connectivity index is 1.58. The topological polar surface area (TPSA) is 96.5 Å². The Labute approximate surface area is 166 Å². The number of nitrogens with one attached hydrogen (secondary N) is 2. The van der Waals surface area contributed by atoms with Gasteiger partial charge < -0.3 is 15.4 Å². The van der Waals surface area contributed by atoms with E-state index in [4.69, 9.17) is 4.74 Å². The lowest BCUT2D eigenvalue weighted by Gasteiger charge is -2.19. The fourth-order valence-corrected chi connectivity index (χ4v) is 3.27. The van der Waals surface area contributed by atoms with Crippen molar-refractivity contribution >= 4 is 46.0 Å². The molecule has 0 aliphatic carbocycles. The molecule has 3 aromatic rings. The average molecular weight is 399 g/mol. The molecule has 0 aliphatic rings. The predicted octanol–water partition coefficient (Wildman–Crippen LogP) is 2.60. The molecule has 0 atom stereocenters. The van der Waals surface area contributed by atoms with Crippen LogP contribution in [-0.4, -0.2) is 52.2 Å². The van der Waals surface area contributed by atoms with E-state index < -0.39 is 0 Å².